The second-order valence-corrected chi connectivity index (χ2v) is 13.3. The number of aryl methyl sites for hydroxylation is 1. The monoisotopic (exact) mass is 564 g/mol. The molecule has 1 saturated heterocycles. The summed E-state index contributed by atoms with van der Waals surface area (Å²) in [5, 5.41) is 9.06. The number of sulfonamides is 1. The van der Waals surface area contributed by atoms with E-state index in [4.69, 9.17) is 0 Å². The highest BCUT2D eigenvalue weighted by atomic mass is 32.2. The largest absolute Gasteiger partial charge is 0.366 e. The lowest BCUT2D eigenvalue weighted by atomic mass is 10.1. The summed E-state index contributed by atoms with van der Waals surface area (Å²) in [5.74, 6) is 0.355. The van der Waals surface area contributed by atoms with Gasteiger partial charge in [-0.1, -0.05) is 0 Å². The summed E-state index contributed by atoms with van der Waals surface area (Å²) in [4.78, 5) is 30.8. The molecule has 1 aromatic carbocycles. The van der Waals surface area contributed by atoms with Gasteiger partial charge in [0.05, 0.1) is 34.9 Å². The van der Waals surface area contributed by atoms with Crippen LogP contribution in [0.1, 0.15) is 38.2 Å². The van der Waals surface area contributed by atoms with Crippen LogP contribution >= 0.6 is 0 Å². The van der Waals surface area contributed by atoms with E-state index in [9.17, 15) is 18.0 Å². The zero-order valence-electron chi connectivity index (χ0n) is 22.6. The Morgan fingerprint density at radius 1 is 1.12 bits per heavy atom. The molecule has 4 aromatic rings. The maximum atomic E-state index is 14.1. The lowest BCUT2D eigenvalue weighted by Crippen LogP contribution is -2.49. The molecular weight excluding hydrogens is 532 g/mol. The molecule has 0 unspecified atom stereocenters. The summed E-state index contributed by atoms with van der Waals surface area (Å²) in [6.45, 7) is 4.31. The van der Waals surface area contributed by atoms with E-state index < -0.39 is 15.6 Å². The third-order valence-corrected chi connectivity index (χ3v) is 9.92. The van der Waals surface area contributed by atoms with Gasteiger partial charge in [-0.25, -0.2) is 17.7 Å². The standard InChI is InChI=1S/C27H32N8O4S/c1-27(6-7-27)30-40(38,39)20-13-21-24(22(14-20)32-9-11-33(12-10-32)25(36)19-3-4-19)35-23(5-8-28-35)34(26(21)37)17-18-15-29-31(2)16-18/h5,8,13-16,19,30H,3-4,6-7,9-12,17H2,1-2H3. The third kappa shape index (κ3) is 4.37. The van der Waals surface area contributed by atoms with Crippen molar-refractivity contribution in [3.05, 3.63) is 52.7 Å². The normalized spacial score (nSPS) is 19.1. The Bertz CT molecular complexity index is 1820. The number of carbonyl (C=O) groups is 1. The smallest absolute Gasteiger partial charge is 0.262 e. The van der Waals surface area contributed by atoms with Crippen molar-refractivity contribution >= 4 is 38.2 Å². The van der Waals surface area contributed by atoms with Crippen LogP contribution in [0.5, 0.6) is 0 Å². The number of piperazine rings is 1. The summed E-state index contributed by atoms with van der Waals surface area (Å²) in [6, 6.07) is 4.91. The Labute approximate surface area is 231 Å². The van der Waals surface area contributed by atoms with Crippen LogP contribution in [0.3, 0.4) is 0 Å². The van der Waals surface area contributed by atoms with Crippen LogP contribution in [-0.4, -0.2) is 74.9 Å². The van der Waals surface area contributed by atoms with E-state index in [2.05, 4.69) is 19.8 Å². The maximum absolute atomic E-state index is 14.1. The van der Waals surface area contributed by atoms with Crippen molar-refractivity contribution in [1.82, 2.24) is 33.6 Å². The van der Waals surface area contributed by atoms with Crippen molar-refractivity contribution in [1.29, 1.82) is 0 Å². The predicted octanol–water partition coefficient (Wildman–Crippen LogP) is 1.32. The van der Waals surface area contributed by atoms with Crippen molar-refractivity contribution in [3.8, 4) is 0 Å². The number of nitrogens with one attached hydrogen (secondary N) is 1. The molecule has 0 bridgehead atoms. The number of hydrogen-bond acceptors (Lipinski definition) is 7. The fraction of sp³-hybridized carbons (Fsp3) is 0.481. The fourth-order valence-corrected chi connectivity index (χ4v) is 7.13. The van der Waals surface area contributed by atoms with E-state index in [0.717, 1.165) is 31.2 Å². The first kappa shape index (κ1) is 25.3. The number of fused-ring (bicyclic) bond motifs is 3. The molecule has 0 spiro atoms. The lowest BCUT2D eigenvalue weighted by Gasteiger charge is -2.37. The number of rotatable bonds is 7. The molecule has 13 heteroatoms. The molecule has 0 atom stereocenters. The molecule has 0 radical (unpaired) electrons. The summed E-state index contributed by atoms with van der Waals surface area (Å²) < 4.78 is 35.0. The van der Waals surface area contributed by atoms with Gasteiger partial charge in [0, 0.05) is 62.5 Å². The molecule has 4 heterocycles. The van der Waals surface area contributed by atoms with E-state index in [1.807, 2.05) is 25.1 Å². The summed E-state index contributed by atoms with van der Waals surface area (Å²) >= 11 is 0. The molecule has 3 fully saturated rings. The van der Waals surface area contributed by atoms with Crippen molar-refractivity contribution < 1.29 is 13.2 Å². The van der Waals surface area contributed by atoms with E-state index in [-0.39, 0.29) is 34.2 Å². The minimum Gasteiger partial charge on any atom is -0.366 e. The van der Waals surface area contributed by atoms with Crippen molar-refractivity contribution in [2.75, 3.05) is 31.1 Å². The van der Waals surface area contributed by atoms with Gasteiger partial charge in [0.15, 0.2) is 0 Å². The lowest BCUT2D eigenvalue weighted by molar-refractivity contribution is -0.132. The summed E-state index contributed by atoms with van der Waals surface area (Å²) in [7, 11) is -2.08. The van der Waals surface area contributed by atoms with Gasteiger partial charge in [-0.15, -0.1) is 0 Å². The Hall–Kier alpha value is -3.71. The Balaban J connectivity index is 1.38. The zero-order chi connectivity index (χ0) is 27.8. The average molecular weight is 565 g/mol. The van der Waals surface area contributed by atoms with Crippen LogP contribution in [0, 0.1) is 5.92 Å². The number of amides is 1. The number of nitrogens with zero attached hydrogens (tertiary/aromatic N) is 7. The summed E-state index contributed by atoms with van der Waals surface area (Å²) in [6.07, 6.45) is 8.66. The maximum Gasteiger partial charge on any atom is 0.262 e. The molecule has 7 rings (SSSR count). The van der Waals surface area contributed by atoms with E-state index in [0.29, 0.717) is 43.0 Å². The molecule has 3 aliphatic rings. The first-order chi connectivity index (χ1) is 19.1. The molecule has 1 aliphatic heterocycles. The highest BCUT2D eigenvalue weighted by Gasteiger charge is 2.42. The highest BCUT2D eigenvalue weighted by Crippen LogP contribution is 2.37. The number of aromatic nitrogens is 5. The number of anilines is 1. The molecular formula is C27H32N8O4S. The van der Waals surface area contributed by atoms with Gasteiger partial charge >= 0.3 is 0 Å². The van der Waals surface area contributed by atoms with Crippen LogP contribution < -0.4 is 15.2 Å². The first-order valence-corrected chi connectivity index (χ1v) is 15.2. The number of carbonyl (C=O) groups excluding carboxylic acids is 1. The Kier molecular flexibility index (Phi) is 5.62. The predicted molar refractivity (Wildman–Crippen MR) is 149 cm³/mol. The average Bonchev–Trinajstić information content (AvgIpc) is 3.81. The van der Waals surface area contributed by atoms with Gasteiger partial charge in [0.25, 0.3) is 5.56 Å². The van der Waals surface area contributed by atoms with Gasteiger partial charge in [-0.3, -0.25) is 18.8 Å². The van der Waals surface area contributed by atoms with Crippen molar-refractivity contribution in [2.24, 2.45) is 13.0 Å². The molecule has 3 aromatic heterocycles. The van der Waals surface area contributed by atoms with E-state index >= 15 is 0 Å². The molecule has 2 saturated carbocycles. The Morgan fingerprint density at radius 3 is 2.52 bits per heavy atom. The molecule has 40 heavy (non-hydrogen) atoms. The molecule has 2 aliphatic carbocycles. The zero-order valence-corrected chi connectivity index (χ0v) is 23.4. The van der Waals surface area contributed by atoms with Gasteiger partial charge < -0.3 is 9.80 Å². The van der Waals surface area contributed by atoms with Gasteiger partial charge in [-0.05, 0) is 44.7 Å². The number of benzene rings is 1. The third-order valence-electron chi connectivity index (χ3n) is 8.30. The van der Waals surface area contributed by atoms with Crippen LogP contribution in [0.2, 0.25) is 0 Å². The van der Waals surface area contributed by atoms with Crippen LogP contribution in [-0.2, 0) is 28.4 Å². The minimum atomic E-state index is -3.89. The molecule has 1 amide bonds. The van der Waals surface area contributed by atoms with Crippen LogP contribution in [0.15, 0.2) is 46.5 Å². The van der Waals surface area contributed by atoms with Gasteiger partial charge in [-0.2, -0.15) is 10.2 Å². The molecule has 1 N–H and O–H groups in total. The number of hydrogen-bond donors (Lipinski definition) is 1. The van der Waals surface area contributed by atoms with Crippen molar-refractivity contribution in [3.63, 3.8) is 0 Å². The minimum absolute atomic E-state index is 0.0520. The molecule has 210 valence electrons. The van der Waals surface area contributed by atoms with Gasteiger partial charge in [0.1, 0.15) is 11.2 Å². The quantitative estimate of drug-likeness (QED) is 0.359. The topological polar surface area (TPSA) is 127 Å². The van der Waals surface area contributed by atoms with Crippen LogP contribution in [0.25, 0.3) is 16.6 Å². The Morgan fingerprint density at radius 2 is 1.88 bits per heavy atom. The second kappa shape index (κ2) is 8.90. The van der Waals surface area contributed by atoms with E-state index in [1.54, 1.807) is 38.3 Å². The SMILES string of the molecule is Cn1cc(Cn2c(=O)c3cc(S(=O)(=O)NC4(C)CC4)cc(N4CCN(C(=O)C5CC5)CC4)c3n3nccc23)cn1. The summed E-state index contributed by atoms with van der Waals surface area (Å²) in [5.41, 5.74) is 1.86. The first-order valence-electron chi connectivity index (χ1n) is 13.7. The molecule has 12 nitrogen and oxygen atoms in total. The highest BCUT2D eigenvalue weighted by molar-refractivity contribution is 7.89. The second-order valence-electron chi connectivity index (χ2n) is 11.6. The fourth-order valence-electron chi connectivity index (χ4n) is 5.62. The van der Waals surface area contributed by atoms with Gasteiger partial charge in [0.2, 0.25) is 15.9 Å². The van der Waals surface area contributed by atoms with Crippen LogP contribution in [0.4, 0.5) is 5.69 Å². The van der Waals surface area contributed by atoms with Crippen molar-refractivity contribution in [2.45, 2.75) is 49.6 Å². The van der Waals surface area contributed by atoms with E-state index in [1.165, 1.54) is 6.07 Å².